The van der Waals surface area contributed by atoms with Crippen molar-refractivity contribution in [2.24, 2.45) is 9.54 Å². The minimum Gasteiger partial charge on any atom is -1.00 e. The van der Waals surface area contributed by atoms with Crippen LogP contribution in [0.5, 0.6) is 0 Å². The summed E-state index contributed by atoms with van der Waals surface area (Å²) < 4.78 is 43.7. The number of thiophene rings is 3. The predicted molar refractivity (Wildman–Crippen MR) is 225 cm³/mol. The Kier molecular flexibility index (Phi) is 27.5. The number of ketones is 1. The fourth-order valence-electron chi connectivity index (χ4n) is 2.27. The summed E-state index contributed by atoms with van der Waals surface area (Å²) in [5.41, 5.74) is 0.832. The molecule has 0 aliphatic rings. The maximum atomic E-state index is 11.8. The summed E-state index contributed by atoms with van der Waals surface area (Å²) in [6.07, 6.45) is 0. The van der Waals surface area contributed by atoms with Gasteiger partial charge in [0, 0.05) is 13.3 Å². The summed E-state index contributed by atoms with van der Waals surface area (Å²) in [5.74, 6) is 0.130. The van der Waals surface area contributed by atoms with Gasteiger partial charge in [0.15, 0.2) is 5.78 Å². The van der Waals surface area contributed by atoms with Gasteiger partial charge in [-0.3, -0.25) is 9.93 Å². The minimum absolute atomic E-state index is 0. The van der Waals surface area contributed by atoms with Gasteiger partial charge in [0.25, 0.3) is 0 Å². The third kappa shape index (κ3) is 23.1. The Hall–Kier alpha value is 1.31. The summed E-state index contributed by atoms with van der Waals surface area (Å²) in [6, 6.07) is 11.8. The Morgan fingerprint density at radius 3 is 1.44 bits per heavy atom. The second-order valence-corrected chi connectivity index (χ2v) is 25.7. The normalized spacial score (nSPS) is 14.1. The van der Waals surface area contributed by atoms with Crippen LogP contribution in [0.4, 0.5) is 0 Å². The number of carbonyl (C=O) groups is 1. The molecule has 0 saturated carbocycles. The van der Waals surface area contributed by atoms with E-state index in [1.807, 2.05) is 113 Å². The molecule has 7 nitrogen and oxygen atoms in total. The zero-order valence-electron chi connectivity index (χ0n) is 30.9. The Balaban J connectivity index is -0.000000281. The van der Waals surface area contributed by atoms with Crippen LogP contribution in [0.25, 0.3) is 0 Å². The first-order valence-electron chi connectivity index (χ1n) is 13.8. The number of nitrogens with zero attached hydrogens (tertiary/aromatic N) is 1. The van der Waals surface area contributed by atoms with E-state index >= 15 is 0 Å². The molecular weight excluding hydrogens is 932 g/mol. The standard InChI is InChI=1S/C10H16BrNOS2.C10H14BrNOS2.C6H5BrOS.C4H11NOS.B.Na.H/c2*1-7(8-5-6-9(11)14-8)12-15(13)10(2,3)4;1-4(8)5-2-3-6(7)9-5;1-4(2,3)7(5)6;;;/h5-7,12H,1-4H3;5-6H,1-4H3;2-3H,1H3;5H2,1-3H3;;;/q;;;;;+1;-1. The van der Waals surface area contributed by atoms with Crippen LogP contribution >= 0.6 is 81.8 Å². The molecule has 4 unspecified atom stereocenters. The molecule has 0 fully saturated rings. The van der Waals surface area contributed by atoms with Crippen molar-refractivity contribution in [1.82, 2.24) is 4.72 Å². The third-order valence-corrected chi connectivity index (χ3v) is 14.7. The van der Waals surface area contributed by atoms with E-state index in [9.17, 15) is 17.4 Å². The molecule has 0 bridgehead atoms. The minimum atomic E-state index is -1.18. The molecule has 48 heavy (non-hydrogen) atoms. The van der Waals surface area contributed by atoms with E-state index in [0.29, 0.717) is 0 Å². The van der Waals surface area contributed by atoms with Gasteiger partial charge in [0.05, 0.1) is 69.1 Å². The van der Waals surface area contributed by atoms with Crippen LogP contribution in [0.3, 0.4) is 0 Å². The average molecular weight is 980 g/mol. The van der Waals surface area contributed by atoms with Crippen molar-refractivity contribution >= 4 is 135 Å². The van der Waals surface area contributed by atoms with E-state index in [-0.39, 0.29) is 65.5 Å². The molecule has 3 N–H and O–H groups in total. The van der Waals surface area contributed by atoms with Crippen molar-refractivity contribution < 1.29 is 48.4 Å². The first-order valence-corrected chi connectivity index (χ1v) is 22.1. The molecule has 267 valence electrons. The Morgan fingerprint density at radius 2 is 1.17 bits per heavy atom. The molecule has 0 saturated heterocycles. The van der Waals surface area contributed by atoms with Crippen molar-refractivity contribution in [2.75, 3.05) is 0 Å². The summed E-state index contributed by atoms with van der Waals surface area (Å²) in [7, 11) is -3.38. The summed E-state index contributed by atoms with van der Waals surface area (Å²) in [4.78, 5) is 13.7. The van der Waals surface area contributed by atoms with Gasteiger partial charge in [-0.1, -0.05) is 0 Å². The van der Waals surface area contributed by atoms with Crippen molar-refractivity contribution in [2.45, 2.75) is 103 Å². The van der Waals surface area contributed by atoms with Crippen molar-refractivity contribution in [3.8, 4) is 0 Å². The molecule has 3 rings (SSSR count). The van der Waals surface area contributed by atoms with E-state index < -0.39 is 33.0 Å². The van der Waals surface area contributed by atoms with E-state index in [1.54, 1.807) is 29.6 Å². The second kappa shape index (κ2) is 24.6. The van der Waals surface area contributed by atoms with Gasteiger partial charge in [-0.25, -0.2) is 17.3 Å². The molecule has 0 spiro atoms. The van der Waals surface area contributed by atoms with Gasteiger partial charge in [-0.2, -0.15) is 4.40 Å². The van der Waals surface area contributed by atoms with Crippen LogP contribution in [-0.2, 0) is 33.0 Å². The van der Waals surface area contributed by atoms with Gasteiger partial charge >= 0.3 is 29.6 Å². The molecule has 0 aliphatic carbocycles. The van der Waals surface area contributed by atoms with E-state index in [2.05, 4.69) is 56.9 Å². The van der Waals surface area contributed by atoms with E-state index in [1.165, 1.54) is 16.2 Å². The maximum absolute atomic E-state index is 11.8. The zero-order valence-corrected chi connectivity index (χ0v) is 41.5. The number of hydrogen-bond acceptors (Lipinski definition) is 7. The Labute approximate surface area is 358 Å². The molecule has 3 aromatic heterocycles. The first kappa shape index (κ1) is 53.7. The summed E-state index contributed by atoms with van der Waals surface area (Å²) in [5, 5.41) is 5.04. The number of halogens is 3. The number of nitrogens with two attached hydrogens (primary N) is 1. The predicted octanol–water partition coefficient (Wildman–Crippen LogP) is 7.26. The number of Topliss-reactive ketones (excluding diaryl/α,β-unsaturated/α-hetero) is 1. The molecule has 4 atom stereocenters. The Bertz CT molecular complexity index is 1520. The number of rotatable bonds is 6. The molecule has 3 aromatic rings. The van der Waals surface area contributed by atoms with Crippen LogP contribution in [0.2, 0.25) is 0 Å². The first-order chi connectivity index (χ1) is 20.7. The quantitative estimate of drug-likeness (QED) is 0.154. The van der Waals surface area contributed by atoms with Crippen LogP contribution in [0.1, 0.15) is 110 Å². The topological polar surface area (TPSA) is 119 Å². The van der Waals surface area contributed by atoms with Crippen LogP contribution in [0, 0.1) is 0 Å². The SMILES string of the molecule is CC(=NS(=O)C(C)(C)C)c1ccc(Br)s1.CC(=O)c1ccc(Br)s1.CC(C)(C)S(N)=O.CC(NS(=O)C(C)(C)C)c1ccc(Br)s1.[B].[H-].[Na+]. The Morgan fingerprint density at radius 1 is 0.771 bits per heavy atom. The largest absolute Gasteiger partial charge is 1.00 e. The molecule has 3 radical (unpaired) electrons. The molecule has 0 aliphatic heterocycles. The molecular formula is C30H47BBr3N3NaO4S6. The zero-order chi connectivity index (χ0) is 36.2. The third-order valence-electron chi connectivity index (χ3n) is 5.06. The van der Waals surface area contributed by atoms with E-state index in [4.69, 9.17) is 5.14 Å². The fourth-order valence-corrected chi connectivity index (χ4v) is 7.87. The number of nitrogens with one attached hydrogen (secondary N) is 1. The number of carbonyl (C=O) groups excluding carboxylic acids is 1. The van der Waals surface area contributed by atoms with Gasteiger partial charge in [0.1, 0.15) is 11.0 Å². The second-order valence-electron chi connectivity index (χ2n) is 12.6. The monoisotopic (exact) mass is 976 g/mol. The van der Waals surface area contributed by atoms with Crippen LogP contribution in [-0.4, -0.2) is 46.8 Å². The van der Waals surface area contributed by atoms with Crippen molar-refractivity contribution in [3.63, 3.8) is 0 Å². The van der Waals surface area contributed by atoms with Gasteiger partial charge in [-0.05, 0) is 167 Å². The van der Waals surface area contributed by atoms with E-state index in [0.717, 1.165) is 26.8 Å². The molecule has 0 aromatic carbocycles. The van der Waals surface area contributed by atoms with Gasteiger partial charge in [0.2, 0.25) is 0 Å². The van der Waals surface area contributed by atoms with Gasteiger partial charge in [-0.15, -0.1) is 34.0 Å². The molecule has 18 heteroatoms. The molecule has 3 heterocycles. The summed E-state index contributed by atoms with van der Waals surface area (Å²) >= 11 is 14.8. The smallest absolute Gasteiger partial charge is 1.00 e. The fraction of sp³-hybridized carbons (Fsp3) is 0.533. The van der Waals surface area contributed by atoms with Crippen molar-refractivity contribution in [1.29, 1.82) is 0 Å². The number of hydrogen-bond donors (Lipinski definition) is 2. The average Bonchev–Trinajstić information content (AvgIpc) is 3.64. The molecule has 0 amide bonds. The van der Waals surface area contributed by atoms with Crippen LogP contribution in [0.15, 0.2) is 52.2 Å². The van der Waals surface area contributed by atoms with Crippen molar-refractivity contribution in [3.05, 3.63) is 62.4 Å². The van der Waals surface area contributed by atoms with Gasteiger partial charge < -0.3 is 1.43 Å². The summed E-state index contributed by atoms with van der Waals surface area (Å²) in [6.45, 7) is 22.7. The maximum Gasteiger partial charge on any atom is 1.00 e. The van der Waals surface area contributed by atoms with Crippen LogP contribution < -0.4 is 39.4 Å².